The summed E-state index contributed by atoms with van der Waals surface area (Å²) in [6.45, 7) is 1.03. The summed E-state index contributed by atoms with van der Waals surface area (Å²) in [6.07, 6.45) is 7.68. The summed E-state index contributed by atoms with van der Waals surface area (Å²) in [5.74, 6) is 1.19. The molecule has 2 heterocycles. The molecule has 234 valence electrons. The molecule has 0 bridgehead atoms. The van der Waals surface area contributed by atoms with Crippen molar-refractivity contribution in [3.05, 3.63) is 68.9 Å². The van der Waals surface area contributed by atoms with Crippen LogP contribution in [0.25, 0.3) is 21.8 Å². The van der Waals surface area contributed by atoms with Crippen molar-refractivity contribution in [3.8, 4) is 0 Å². The molecule has 0 aliphatic heterocycles. The Morgan fingerprint density at radius 3 is 1.55 bits per heavy atom. The van der Waals surface area contributed by atoms with E-state index in [1.165, 1.54) is 0 Å². The van der Waals surface area contributed by atoms with Crippen LogP contribution in [0.5, 0.6) is 0 Å². The maximum atomic E-state index is 12.5. The maximum absolute atomic E-state index is 12.5. The third kappa shape index (κ3) is 9.78. The molecule has 44 heavy (non-hydrogen) atoms. The summed E-state index contributed by atoms with van der Waals surface area (Å²) in [4.78, 5) is 31.4. The van der Waals surface area contributed by atoms with Gasteiger partial charge in [-0.15, -0.1) is 0 Å². The number of aromatic nitrogens is 2. The highest BCUT2D eigenvalue weighted by molar-refractivity contribution is 9.10. The average molecular weight is 767 g/mol. The molecule has 2 aromatic carbocycles. The number of H-pyrrole nitrogens is 2. The summed E-state index contributed by atoms with van der Waals surface area (Å²) < 4.78 is 1.88. The molecule has 14 heteroatoms. The topological polar surface area (TPSA) is 155 Å². The summed E-state index contributed by atoms with van der Waals surface area (Å²) in [6, 6.07) is 11.7. The van der Waals surface area contributed by atoms with Crippen molar-refractivity contribution in [3.63, 3.8) is 0 Å². The van der Waals surface area contributed by atoms with Crippen LogP contribution >= 0.6 is 53.4 Å². The van der Waals surface area contributed by atoms with Crippen molar-refractivity contribution in [1.29, 1.82) is 0 Å². The second-order valence-corrected chi connectivity index (χ2v) is 14.6. The van der Waals surface area contributed by atoms with Crippen molar-refractivity contribution >= 4 is 98.5 Å². The molecule has 0 saturated carbocycles. The Kier molecular flexibility index (Phi) is 13.5. The molecule has 0 fully saturated rings. The van der Waals surface area contributed by atoms with Gasteiger partial charge in [-0.25, -0.2) is 0 Å². The summed E-state index contributed by atoms with van der Waals surface area (Å²) in [5, 5.41) is 32.9. The Morgan fingerprint density at radius 1 is 0.705 bits per heavy atom. The normalized spacial score (nSPS) is 12.2. The van der Waals surface area contributed by atoms with E-state index >= 15 is 0 Å². The van der Waals surface area contributed by atoms with Crippen LogP contribution < -0.4 is 10.6 Å². The lowest BCUT2D eigenvalue weighted by Crippen LogP contribution is -2.33. The summed E-state index contributed by atoms with van der Waals surface area (Å²) >= 11 is 6.93. The smallest absolute Gasteiger partial charge is 0.269 e. The van der Waals surface area contributed by atoms with Crippen molar-refractivity contribution in [1.82, 2.24) is 20.6 Å². The van der Waals surface area contributed by atoms with Gasteiger partial charge in [0.15, 0.2) is 0 Å². The molecule has 0 aliphatic carbocycles. The zero-order valence-electron chi connectivity index (χ0n) is 23.9. The SMILES string of the molecule is O=C(NCCCCSSCCCCNC(=O)/C(Cc1c[nH]c2ccc(Br)cc12)=N\O)/C(Cc1c[nH]c2ccc(Br)cc12)=N\O. The molecule has 6 N–H and O–H groups in total. The van der Waals surface area contributed by atoms with Crippen molar-refractivity contribution in [2.45, 2.75) is 38.5 Å². The number of nitrogens with zero attached hydrogens (tertiary/aromatic N) is 2. The van der Waals surface area contributed by atoms with Crippen LogP contribution in [0.15, 0.2) is 68.0 Å². The molecule has 4 rings (SSSR count). The number of carbonyl (C=O) groups is 2. The van der Waals surface area contributed by atoms with Crippen LogP contribution in [0.1, 0.15) is 36.8 Å². The lowest BCUT2D eigenvalue weighted by Gasteiger charge is -2.07. The first-order chi connectivity index (χ1) is 21.4. The lowest BCUT2D eigenvalue weighted by molar-refractivity contribution is -0.115. The fraction of sp³-hybridized carbons (Fsp3) is 0.333. The number of hydrogen-bond acceptors (Lipinski definition) is 8. The van der Waals surface area contributed by atoms with Crippen molar-refractivity contribution < 1.29 is 20.0 Å². The van der Waals surface area contributed by atoms with Gasteiger partial charge in [0, 0.05) is 80.6 Å². The van der Waals surface area contributed by atoms with Crippen LogP contribution in [0, 0.1) is 0 Å². The minimum absolute atomic E-state index is 0.0783. The summed E-state index contributed by atoms with van der Waals surface area (Å²) in [7, 11) is 3.58. The number of benzene rings is 2. The number of hydrogen-bond donors (Lipinski definition) is 6. The van der Waals surface area contributed by atoms with Gasteiger partial charge in [-0.1, -0.05) is 63.8 Å². The van der Waals surface area contributed by atoms with E-state index in [1.54, 1.807) is 21.6 Å². The van der Waals surface area contributed by atoms with E-state index in [0.29, 0.717) is 13.1 Å². The number of unbranched alkanes of at least 4 members (excludes halogenated alkanes) is 2. The Labute approximate surface area is 279 Å². The third-order valence-electron chi connectivity index (χ3n) is 6.90. The Bertz CT molecular complexity index is 1520. The van der Waals surface area contributed by atoms with E-state index in [0.717, 1.165) is 79.1 Å². The van der Waals surface area contributed by atoms with Gasteiger partial charge in [-0.3, -0.25) is 9.59 Å². The molecule has 0 spiro atoms. The molecule has 2 aromatic heterocycles. The molecule has 0 saturated heterocycles. The zero-order chi connectivity index (χ0) is 31.3. The number of fused-ring (bicyclic) bond motifs is 2. The predicted molar refractivity (Wildman–Crippen MR) is 187 cm³/mol. The molecule has 2 amide bonds. The van der Waals surface area contributed by atoms with Crippen LogP contribution in [0.3, 0.4) is 0 Å². The second-order valence-electron chi connectivity index (χ2n) is 10.0. The predicted octanol–water partition coefficient (Wildman–Crippen LogP) is 6.79. The molecule has 0 radical (unpaired) electrons. The second kappa shape index (κ2) is 17.5. The number of rotatable bonds is 17. The van der Waals surface area contributed by atoms with Gasteiger partial charge in [0.1, 0.15) is 11.4 Å². The average Bonchev–Trinajstić information content (AvgIpc) is 3.61. The van der Waals surface area contributed by atoms with E-state index in [2.05, 4.69) is 62.8 Å². The number of aromatic amines is 2. The van der Waals surface area contributed by atoms with Crippen LogP contribution in [0.4, 0.5) is 0 Å². The molecule has 10 nitrogen and oxygen atoms in total. The first-order valence-corrected chi connectivity index (χ1v) is 18.2. The quantitative estimate of drug-likeness (QED) is 0.0229. The van der Waals surface area contributed by atoms with Crippen molar-refractivity contribution in [2.24, 2.45) is 10.3 Å². The summed E-state index contributed by atoms with van der Waals surface area (Å²) in [5.41, 5.74) is 3.84. The third-order valence-corrected chi connectivity index (χ3v) is 10.5. The molecule has 0 atom stereocenters. The minimum Gasteiger partial charge on any atom is -0.410 e. The number of oxime groups is 2. The number of nitrogens with one attached hydrogen (secondary N) is 4. The van der Waals surface area contributed by atoms with E-state index in [4.69, 9.17) is 0 Å². The fourth-order valence-corrected chi connectivity index (χ4v) is 7.59. The van der Waals surface area contributed by atoms with Crippen LogP contribution in [-0.2, 0) is 22.4 Å². The van der Waals surface area contributed by atoms with Gasteiger partial charge in [0.25, 0.3) is 11.8 Å². The van der Waals surface area contributed by atoms with Gasteiger partial charge in [0.2, 0.25) is 0 Å². The van der Waals surface area contributed by atoms with E-state index in [-0.39, 0.29) is 36.1 Å². The Morgan fingerprint density at radius 2 is 1.14 bits per heavy atom. The van der Waals surface area contributed by atoms with E-state index in [9.17, 15) is 20.0 Å². The van der Waals surface area contributed by atoms with E-state index < -0.39 is 0 Å². The lowest BCUT2D eigenvalue weighted by atomic mass is 10.1. The first-order valence-electron chi connectivity index (χ1n) is 14.1. The Hall–Kier alpha value is -2.94. The molecular formula is C30H34Br2N6O4S2. The highest BCUT2D eigenvalue weighted by Gasteiger charge is 2.17. The van der Waals surface area contributed by atoms with Crippen molar-refractivity contribution in [2.75, 3.05) is 24.6 Å². The zero-order valence-corrected chi connectivity index (χ0v) is 28.7. The molecule has 4 aromatic rings. The maximum Gasteiger partial charge on any atom is 0.269 e. The minimum atomic E-state index is -0.366. The molecule has 0 unspecified atom stereocenters. The number of halogens is 2. The largest absolute Gasteiger partial charge is 0.410 e. The standard InChI is InChI=1S/C30H34Br2N6O4S2/c31-21-5-7-25-23(15-21)19(17-35-25)13-27(37-41)29(39)33-9-1-3-11-43-44-12-4-2-10-34-30(40)28(38-42)14-20-18-36-26-8-6-22(32)16-24(20)26/h5-8,15-18,35-36,41-42H,1-4,9-14H2,(H,33,39)(H,34,40)/b37-27-,38-28-. The van der Waals surface area contributed by atoms with Gasteiger partial charge in [-0.05, 0) is 73.2 Å². The van der Waals surface area contributed by atoms with Gasteiger partial charge < -0.3 is 31.0 Å². The van der Waals surface area contributed by atoms with E-state index in [1.807, 2.05) is 48.8 Å². The monoisotopic (exact) mass is 764 g/mol. The van der Waals surface area contributed by atoms with Crippen LogP contribution in [0.2, 0.25) is 0 Å². The Balaban J connectivity index is 1.02. The fourth-order valence-electron chi connectivity index (χ4n) is 4.57. The highest BCUT2D eigenvalue weighted by Crippen LogP contribution is 2.25. The number of carbonyl (C=O) groups excluding carboxylic acids is 2. The number of amides is 2. The van der Waals surface area contributed by atoms with Gasteiger partial charge >= 0.3 is 0 Å². The molecule has 0 aliphatic rings. The van der Waals surface area contributed by atoms with Crippen LogP contribution in [-0.4, -0.2) is 68.2 Å². The molecular weight excluding hydrogens is 732 g/mol. The van der Waals surface area contributed by atoms with Gasteiger partial charge in [0.05, 0.1) is 0 Å². The van der Waals surface area contributed by atoms with Gasteiger partial charge in [-0.2, -0.15) is 0 Å². The first kappa shape index (κ1) is 33.9. The highest BCUT2D eigenvalue weighted by atomic mass is 79.9.